The molecule has 2 aliphatic heterocycles. The molecule has 0 radical (unpaired) electrons. The molecule has 0 spiro atoms. The van der Waals surface area contributed by atoms with Gasteiger partial charge in [0.1, 0.15) is 0 Å². The number of rotatable bonds is 0. The summed E-state index contributed by atoms with van der Waals surface area (Å²) in [5.41, 5.74) is 0.816. The van der Waals surface area contributed by atoms with E-state index in [1.165, 1.54) is 32.4 Å². The maximum Gasteiger partial charge on any atom is 0.0295 e. The quantitative estimate of drug-likeness (QED) is 0.637. The van der Waals surface area contributed by atoms with Gasteiger partial charge in [-0.05, 0) is 30.1 Å². The fourth-order valence-electron chi connectivity index (χ4n) is 3.70. The van der Waals surface area contributed by atoms with Gasteiger partial charge >= 0.3 is 0 Å². The summed E-state index contributed by atoms with van der Waals surface area (Å²) < 4.78 is 0. The van der Waals surface area contributed by atoms with E-state index >= 15 is 0 Å². The average molecular weight is 238 g/mol. The second-order valence-electron chi connectivity index (χ2n) is 8.02. The molecule has 17 heavy (non-hydrogen) atoms. The van der Waals surface area contributed by atoms with Gasteiger partial charge in [0, 0.05) is 25.2 Å². The van der Waals surface area contributed by atoms with Crippen LogP contribution in [-0.4, -0.2) is 35.2 Å². The SMILES string of the molecule is CC(C)(C)C1CCC(C(C)(C)C)N2CCCN12. The highest BCUT2D eigenvalue weighted by Crippen LogP contribution is 2.41. The zero-order valence-electron chi connectivity index (χ0n) is 12.6. The second kappa shape index (κ2) is 4.24. The maximum absolute atomic E-state index is 2.69. The molecule has 2 nitrogen and oxygen atoms in total. The molecule has 0 bridgehead atoms. The van der Waals surface area contributed by atoms with Crippen LogP contribution in [0.5, 0.6) is 0 Å². The molecule has 0 aromatic heterocycles. The molecule has 2 fully saturated rings. The van der Waals surface area contributed by atoms with Crippen LogP contribution in [0, 0.1) is 10.8 Å². The van der Waals surface area contributed by atoms with Crippen molar-refractivity contribution in [3.63, 3.8) is 0 Å². The normalized spacial score (nSPS) is 32.8. The zero-order chi connectivity index (χ0) is 12.8. The van der Waals surface area contributed by atoms with E-state index in [1.807, 2.05) is 0 Å². The Kier molecular flexibility index (Phi) is 3.33. The van der Waals surface area contributed by atoms with Crippen LogP contribution in [-0.2, 0) is 0 Å². The fourth-order valence-corrected chi connectivity index (χ4v) is 3.70. The lowest BCUT2D eigenvalue weighted by Crippen LogP contribution is -2.60. The molecular weight excluding hydrogens is 208 g/mol. The Morgan fingerprint density at radius 1 is 0.706 bits per heavy atom. The molecule has 2 rings (SSSR count). The Balaban J connectivity index is 2.18. The minimum Gasteiger partial charge on any atom is -0.238 e. The first-order chi connectivity index (χ1) is 7.71. The predicted octanol–water partition coefficient (Wildman–Crippen LogP) is 3.53. The predicted molar refractivity (Wildman–Crippen MR) is 73.7 cm³/mol. The fraction of sp³-hybridized carbons (Fsp3) is 1.00. The summed E-state index contributed by atoms with van der Waals surface area (Å²) in [6.07, 6.45) is 4.07. The molecule has 2 heterocycles. The van der Waals surface area contributed by atoms with E-state index in [1.54, 1.807) is 0 Å². The Bertz CT molecular complexity index is 244. The smallest absolute Gasteiger partial charge is 0.0295 e. The molecule has 0 amide bonds. The average Bonchev–Trinajstić information content (AvgIpc) is 2.60. The maximum atomic E-state index is 2.69. The summed E-state index contributed by atoms with van der Waals surface area (Å²) >= 11 is 0. The molecule has 2 unspecified atom stereocenters. The molecule has 0 saturated carbocycles. The van der Waals surface area contributed by atoms with Crippen molar-refractivity contribution in [2.45, 2.75) is 72.9 Å². The summed E-state index contributed by atoms with van der Waals surface area (Å²) in [6.45, 7) is 16.9. The van der Waals surface area contributed by atoms with Crippen LogP contribution in [0.15, 0.2) is 0 Å². The van der Waals surface area contributed by atoms with Crippen LogP contribution < -0.4 is 0 Å². The van der Waals surface area contributed by atoms with Gasteiger partial charge in [0.15, 0.2) is 0 Å². The highest BCUT2D eigenvalue weighted by Gasteiger charge is 2.45. The second-order valence-corrected chi connectivity index (χ2v) is 8.02. The largest absolute Gasteiger partial charge is 0.238 e. The van der Waals surface area contributed by atoms with Gasteiger partial charge < -0.3 is 0 Å². The van der Waals surface area contributed by atoms with Gasteiger partial charge in [0.2, 0.25) is 0 Å². The Hall–Kier alpha value is -0.0800. The summed E-state index contributed by atoms with van der Waals surface area (Å²) in [7, 11) is 0. The first kappa shape index (κ1) is 13.4. The highest BCUT2D eigenvalue weighted by atomic mass is 15.7. The van der Waals surface area contributed by atoms with E-state index in [0.29, 0.717) is 10.8 Å². The van der Waals surface area contributed by atoms with E-state index in [2.05, 4.69) is 51.6 Å². The number of hydrogen-bond donors (Lipinski definition) is 0. The third-order valence-electron chi connectivity index (χ3n) is 4.54. The molecule has 0 N–H and O–H groups in total. The molecule has 2 aliphatic rings. The number of hydrogen-bond acceptors (Lipinski definition) is 2. The first-order valence-corrected chi connectivity index (χ1v) is 7.24. The number of nitrogens with zero attached hydrogens (tertiary/aromatic N) is 2. The van der Waals surface area contributed by atoms with Crippen molar-refractivity contribution in [3.8, 4) is 0 Å². The molecule has 2 heteroatoms. The molecule has 0 aromatic carbocycles. The third-order valence-corrected chi connectivity index (χ3v) is 4.54. The summed E-state index contributed by atoms with van der Waals surface area (Å²) in [5, 5.41) is 5.39. The van der Waals surface area contributed by atoms with Crippen LogP contribution >= 0.6 is 0 Å². The first-order valence-electron chi connectivity index (χ1n) is 7.24. The lowest BCUT2D eigenvalue weighted by atomic mass is 9.76. The number of fused-ring (bicyclic) bond motifs is 1. The Morgan fingerprint density at radius 2 is 1.06 bits per heavy atom. The van der Waals surface area contributed by atoms with Crippen molar-refractivity contribution < 1.29 is 0 Å². The van der Waals surface area contributed by atoms with Crippen LogP contribution in [0.25, 0.3) is 0 Å². The molecule has 0 aromatic rings. The van der Waals surface area contributed by atoms with Gasteiger partial charge in [0.05, 0.1) is 0 Å². The van der Waals surface area contributed by atoms with E-state index in [-0.39, 0.29) is 0 Å². The van der Waals surface area contributed by atoms with Crippen LogP contribution in [0.4, 0.5) is 0 Å². The minimum absolute atomic E-state index is 0.408. The molecule has 2 saturated heterocycles. The van der Waals surface area contributed by atoms with E-state index < -0.39 is 0 Å². The van der Waals surface area contributed by atoms with Crippen molar-refractivity contribution in [2.75, 3.05) is 13.1 Å². The minimum atomic E-state index is 0.408. The molecule has 100 valence electrons. The van der Waals surface area contributed by atoms with Gasteiger partial charge in [-0.15, -0.1) is 0 Å². The summed E-state index contributed by atoms with van der Waals surface area (Å²) in [4.78, 5) is 0. The lowest BCUT2D eigenvalue weighted by Gasteiger charge is -2.53. The standard InChI is InChI=1S/C15H30N2/c1-14(2,3)12-8-9-13(15(4,5)6)17-11-7-10-16(12)17/h12-13H,7-11H2,1-6H3. The molecule has 0 aliphatic carbocycles. The van der Waals surface area contributed by atoms with Crippen molar-refractivity contribution >= 4 is 0 Å². The lowest BCUT2D eigenvalue weighted by molar-refractivity contribution is -0.141. The third kappa shape index (κ3) is 2.53. The summed E-state index contributed by atoms with van der Waals surface area (Å²) in [6, 6.07) is 1.48. The summed E-state index contributed by atoms with van der Waals surface area (Å²) in [5.74, 6) is 0. The van der Waals surface area contributed by atoms with Crippen LogP contribution in [0.2, 0.25) is 0 Å². The van der Waals surface area contributed by atoms with Gasteiger partial charge in [-0.25, -0.2) is 10.0 Å². The van der Waals surface area contributed by atoms with Gasteiger partial charge in [-0.2, -0.15) is 0 Å². The van der Waals surface area contributed by atoms with Crippen LogP contribution in [0.3, 0.4) is 0 Å². The monoisotopic (exact) mass is 238 g/mol. The van der Waals surface area contributed by atoms with Crippen LogP contribution in [0.1, 0.15) is 60.8 Å². The topological polar surface area (TPSA) is 6.48 Å². The van der Waals surface area contributed by atoms with E-state index in [4.69, 9.17) is 0 Å². The van der Waals surface area contributed by atoms with Gasteiger partial charge in [-0.3, -0.25) is 0 Å². The van der Waals surface area contributed by atoms with Crippen molar-refractivity contribution in [1.29, 1.82) is 0 Å². The van der Waals surface area contributed by atoms with Crippen molar-refractivity contribution in [2.24, 2.45) is 10.8 Å². The van der Waals surface area contributed by atoms with E-state index in [0.717, 1.165) is 12.1 Å². The zero-order valence-corrected chi connectivity index (χ0v) is 12.6. The Labute approximate surface area is 107 Å². The highest BCUT2D eigenvalue weighted by molar-refractivity contribution is 4.95. The number of hydrazine groups is 1. The van der Waals surface area contributed by atoms with E-state index in [9.17, 15) is 0 Å². The molecule has 2 atom stereocenters. The Morgan fingerprint density at radius 3 is 1.35 bits per heavy atom. The van der Waals surface area contributed by atoms with Gasteiger partial charge in [0.25, 0.3) is 0 Å². The van der Waals surface area contributed by atoms with Crippen molar-refractivity contribution in [3.05, 3.63) is 0 Å². The van der Waals surface area contributed by atoms with Gasteiger partial charge in [-0.1, -0.05) is 41.5 Å². The van der Waals surface area contributed by atoms with Crippen molar-refractivity contribution in [1.82, 2.24) is 10.0 Å². The molecular formula is C15H30N2.